The van der Waals surface area contributed by atoms with Gasteiger partial charge in [-0.3, -0.25) is 0 Å². The molecule has 0 amide bonds. The normalized spacial score (nSPS) is 20.1. The van der Waals surface area contributed by atoms with E-state index in [1.165, 1.54) is 23.6 Å². The van der Waals surface area contributed by atoms with Crippen molar-refractivity contribution >= 4 is 23.1 Å². The molecule has 1 aliphatic rings. The van der Waals surface area contributed by atoms with Crippen LogP contribution in [0.5, 0.6) is 0 Å². The molecule has 0 radical (unpaired) electrons. The number of hydrogen-bond acceptors (Lipinski definition) is 4. The minimum atomic E-state index is -0.259. The standard InChI is InChI=1S/C12H16ClN5O/c13-5-4-9-3-1-2-6-17(9)10-7-11-15-16-12(19)18(11)8-14-10/h7-9H,1-6H2,(H,16,19). The maximum absolute atomic E-state index is 11.4. The van der Waals surface area contributed by atoms with Gasteiger partial charge in [0.1, 0.15) is 12.1 Å². The number of hydrogen-bond donors (Lipinski definition) is 1. The highest BCUT2D eigenvalue weighted by molar-refractivity contribution is 6.17. The Morgan fingerprint density at radius 2 is 2.37 bits per heavy atom. The number of H-pyrrole nitrogens is 1. The summed E-state index contributed by atoms with van der Waals surface area (Å²) in [4.78, 5) is 18.1. The lowest BCUT2D eigenvalue weighted by atomic mass is 10.00. The highest BCUT2D eigenvalue weighted by Crippen LogP contribution is 2.25. The molecular formula is C12H16ClN5O. The summed E-state index contributed by atoms with van der Waals surface area (Å²) in [5.41, 5.74) is 0.343. The average molecular weight is 282 g/mol. The minimum absolute atomic E-state index is 0.259. The van der Waals surface area contributed by atoms with E-state index in [0.29, 0.717) is 17.6 Å². The van der Waals surface area contributed by atoms with Gasteiger partial charge in [0.05, 0.1) is 0 Å². The van der Waals surface area contributed by atoms with Crippen LogP contribution in [-0.4, -0.2) is 38.0 Å². The minimum Gasteiger partial charge on any atom is -0.353 e. The van der Waals surface area contributed by atoms with E-state index in [4.69, 9.17) is 11.6 Å². The Hall–Kier alpha value is -1.56. The van der Waals surface area contributed by atoms with E-state index >= 15 is 0 Å². The molecule has 0 saturated carbocycles. The zero-order valence-electron chi connectivity index (χ0n) is 10.5. The first kappa shape index (κ1) is 12.5. The van der Waals surface area contributed by atoms with E-state index in [1.54, 1.807) is 0 Å². The molecule has 1 unspecified atom stereocenters. The fourth-order valence-corrected chi connectivity index (χ4v) is 2.94. The lowest BCUT2D eigenvalue weighted by Gasteiger charge is -2.36. The van der Waals surface area contributed by atoms with Gasteiger partial charge in [0.2, 0.25) is 0 Å². The third kappa shape index (κ3) is 2.32. The van der Waals surface area contributed by atoms with E-state index < -0.39 is 0 Å². The topological polar surface area (TPSA) is 66.3 Å². The van der Waals surface area contributed by atoms with Crippen LogP contribution in [0.25, 0.3) is 5.65 Å². The number of aromatic amines is 1. The summed E-state index contributed by atoms with van der Waals surface area (Å²) in [6.45, 7) is 0.985. The largest absolute Gasteiger partial charge is 0.353 e. The van der Waals surface area contributed by atoms with Crippen molar-refractivity contribution in [1.29, 1.82) is 0 Å². The van der Waals surface area contributed by atoms with Gasteiger partial charge >= 0.3 is 5.69 Å². The number of anilines is 1. The number of rotatable bonds is 3. The average Bonchev–Trinajstić information content (AvgIpc) is 2.81. The van der Waals surface area contributed by atoms with Gasteiger partial charge in [-0.1, -0.05) is 0 Å². The van der Waals surface area contributed by atoms with Gasteiger partial charge in [-0.05, 0) is 25.7 Å². The molecule has 2 aromatic heterocycles. The lowest BCUT2D eigenvalue weighted by Crippen LogP contribution is -2.40. The Labute approximate surface area is 115 Å². The first-order chi connectivity index (χ1) is 9.29. The lowest BCUT2D eigenvalue weighted by molar-refractivity contribution is 0.448. The maximum Gasteiger partial charge on any atom is 0.348 e. The van der Waals surface area contributed by atoms with Crippen molar-refractivity contribution in [3.05, 3.63) is 22.9 Å². The Balaban J connectivity index is 1.94. The third-order valence-electron chi connectivity index (χ3n) is 3.66. The molecule has 19 heavy (non-hydrogen) atoms. The highest BCUT2D eigenvalue weighted by Gasteiger charge is 2.23. The summed E-state index contributed by atoms with van der Waals surface area (Å²) in [5.74, 6) is 1.53. The second-order valence-electron chi connectivity index (χ2n) is 4.82. The van der Waals surface area contributed by atoms with Gasteiger partial charge in [0.15, 0.2) is 5.65 Å². The second-order valence-corrected chi connectivity index (χ2v) is 5.20. The van der Waals surface area contributed by atoms with E-state index in [0.717, 1.165) is 25.2 Å². The summed E-state index contributed by atoms with van der Waals surface area (Å²) in [7, 11) is 0. The van der Waals surface area contributed by atoms with Crippen LogP contribution in [-0.2, 0) is 0 Å². The van der Waals surface area contributed by atoms with Crippen LogP contribution in [0.2, 0.25) is 0 Å². The first-order valence-corrected chi connectivity index (χ1v) is 7.08. The van der Waals surface area contributed by atoms with Gasteiger partial charge in [0, 0.05) is 24.5 Å². The Morgan fingerprint density at radius 3 is 3.21 bits per heavy atom. The SMILES string of the molecule is O=c1[nH]nc2cc(N3CCCCC3CCCl)ncn12. The fraction of sp³-hybridized carbons (Fsp3) is 0.583. The van der Waals surface area contributed by atoms with Crippen LogP contribution < -0.4 is 10.6 Å². The van der Waals surface area contributed by atoms with E-state index in [1.807, 2.05) is 6.07 Å². The Bertz CT molecular complexity index is 620. The molecule has 3 rings (SSSR count). The van der Waals surface area contributed by atoms with Crippen LogP contribution in [0.3, 0.4) is 0 Å². The highest BCUT2D eigenvalue weighted by atomic mass is 35.5. The second kappa shape index (κ2) is 5.21. The van der Waals surface area contributed by atoms with Crippen molar-refractivity contribution in [3.8, 4) is 0 Å². The van der Waals surface area contributed by atoms with Gasteiger partial charge in [0.25, 0.3) is 0 Å². The predicted octanol–water partition coefficient (Wildman–Crippen LogP) is 1.41. The molecule has 1 N–H and O–H groups in total. The third-order valence-corrected chi connectivity index (χ3v) is 3.88. The monoisotopic (exact) mass is 281 g/mol. The fourth-order valence-electron chi connectivity index (χ4n) is 2.69. The molecular weight excluding hydrogens is 266 g/mol. The zero-order chi connectivity index (χ0) is 13.2. The molecule has 102 valence electrons. The van der Waals surface area contributed by atoms with Crippen molar-refractivity contribution in [2.75, 3.05) is 17.3 Å². The Kier molecular flexibility index (Phi) is 3.42. The molecule has 0 aliphatic carbocycles. The summed E-state index contributed by atoms with van der Waals surface area (Å²) in [6, 6.07) is 2.29. The molecule has 1 aliphatic heterocycles. The molecule has 0 bridgehead atoms. The first-order valence-electron chi connectivity index (χ1n) is 6.55. The number of aromatic nitrogens is 4. The smallest absolute Gasteiger partial charge is 0.348 e. The van der Waals surface area contributed by atoms with Crippen molar-refractivity contribution in [3.63, 3.8) is 0 Å². The summed E-state index contributed by atoms with van der Waals surface area (Å²) in [6.07, 6.45) is 6.04. The number of halogens is 1. The van der Waals surface area contributed by atoms with Crippen LogP contribution in [0.1, 0.15) is 25.7 Å². The van der Waals surface area contributed by atoms with E-state index in [-0.39, 0.29) is 5.69 Å². The van der Waals surface area contributed by atoms with Crippen LogP contribution in [0.4, 0.5) is 5.82 Å². The Morgan fingerprint density at radius 1 is 1.47 bits per heavy atom. The molecule has 1 fully saturated rings. The van der Waals surface area contributed by atoms with E-state index in [2.05, 4.69) is 20.1 Å². The quantitative estimate of drug-likeness (QED) is 0.864. The number of alkyl halides is 1. The van der Waals surface area contributed by atoms with Crippen molar-refractivity contribution in [2.24, 2.45) is 0 Å². The summed E-state index contributed by atoms with van der Waals surface area (Å²) < 4.78 is 1.41. The molecule has 2 aromatic rings. The molecule has 7 heteroatoms. The molecule has 1 saturated heterocycles. The van der Waals surface area contributed by atoms with Crippen molar-refractivity contribution in [1.82, 2.24) is 19.6 Å². The molecule has 6 nitrogen and oxygen atoms in total. The maximum atomic E-state index is 11.4. The van der Waals surface area contributed by atoms with Gasteiger partial charge in [-0.15, -0.1) is 11.6 Å². The van der Waals surface area contributed by atoms with Crippen molar-refractivity contribution < 1.29 is 0 Å². The van der Waals surface area contributed by atoms with Crippen LogP contribution in [0, 0.1) is 0 Å². The number of nitrogens with zero attached hydrogens (tertiary/aromatic N) is 4. The molecule has 0 spiro atoms. The van der Waals surface area contributed by atoms with Gasteiger partial charge in [-0.2, -0.15) is 5.10 Å². The van der Waals surface area contributed by atoms with Gasteiger partial charge in [-0.25, -0.2) is 19.3 Å². The van der Waals surface area contributed by atoms with Crippen LogP contribution >= 0.6 is 11.6 Å². The van der Waals surface area contributed by atoms with E-state index in [9.17, 15) is 4.79 Å². The molecule has 0 aromatic carbocycles. The zero-order valence-corrected chi connectivity index (χ0v) is 11.3. The van der Waals surface area contributed by atoms with Crippen molar-refractivity contribution in [2.45, 2.75) is 31.7 Å². The van der Waals surface area contributed by atoms with Crippen LogP contribution in [0.15, 0.2) is 17.2 Å². The summed E-state index contributed by atoms with van der Waals surface area (Å²) >= 11 is 5.88. The molecule has 1 atom stereocenters. The number of fused-ring (bicyclic) bond motifs is 1. The van der Waals surface area contributed by atoms with Gasteiger partial charge < -0.3 is 4.90 Å². The summed E-state index contributed by atoms with van der Waals surface area (Å²) in [5, 5.41) is 6.40. The predicted molar refractivity (Wildman–Crippen MR) is 73.9 cm³/mol. The number of nitrogens with one attached hydrogen (secondary N) is 1. The number of piperidine rings is 1. The molecule has 3 heterocycles.